The number of nitrogens with zero attached hydrogens (tertiary/aromatic N) is 1. The number of unbranched alkanes of at least 4 members (excludes halogenated alkanes) is 2. The van der Waals surface area contributed by atoms with Crippen molar-refractivity contribution in [1.82, 2.24) is 4.98 Å². The first-order chi connectivity index (χ1) is 13.1. The van der Waals surface area contributed by atoms with Gasteiger partial charge >= 0.3 is 5.97 Å². The van der Waals surface area contributed by atoms with E-state index in [4.69, 9.17) is 9.47 Å². The van der Waals surface area contributed by atoms with Crippen LogP contribution in [0, 0.1) is 5.92 Å². The minimum atomic E-state index is -0.279. The van der Waals surface area contributed by atoms with Gasteiger partial charge in [-0.3, -0.25) is 9.78 Å². The summed E-state index contributed by atoms with van der Waals surface area (Å²) in [6.45, 7) is 7.12. The number of esters is 1. The van der Waals surface area contributed by atoms with E-state index in [0.717, 1.165) is 24.1 Å². The summed E-state index contributed by atoms with van der Waals surface area (Å²) in [7, 11) is 0. The minimum Gasteiger partial charge on any atom is -0.426 e. The largest absolute Gasteiger partial charge is 0.426 e. The fourth-order valence-electron chi connectivity index (χ4n) is 2.71. The molecule has 0 radical (unpaired) electrons. The fourth-order valence-corrected chi connectivity index (χ4v) is 2.71. The molecule has 146 valence electrons. The van der Waals surface area contributed by atoms with Crippen LogP contribution in [0.3, 0.4) is 0 Å². The number of hydrogen-bond acceptors (Lipinski definition) is 4. The molecule has 2 rings (SSSR count). The highest BCUT2D eigenvalue weighted by molar-refractivity contribution is 5.75. The Morgan fingerprint density at radius 2 is 1.81 bits per heavy atom. The number of aromatic nitrogens is 1. The third kappa shape index (κ3) is 7.14. The van der Waals surface area contributed by atoms with Crippen LogP contribution in [0.4, 0.5) is 0 Å². The first-order valence-corrected chi connectivity index (χ1v) is 9.98. The van der Waals surface area contributed by atoms with Gasteiger partial charge in [-0.25, -0.2) is 0 Å². The predicted octanol–water partition coefficient (Wildman–Crippen LogP) is 5.45. The molecule has 0 fully saturated rings. The van der Waals surface area contributed by atoms with Crippen LogP contribution in [0.25, 0.3) is 11.3 Å². The van der Waals surface area contributed by atoms with E-state index in [-0.39, 0.29) is 11.9 Å². The number of pyridine rings is 1. The number of hydrogen-bond donors (Lipinski definition) is 0. The van der Waals surface area contributed by atoms with Crippen LogP contribution in [0.15, 0.2) is 42.6 Å². The highest BCUT2D eigenvalue weighted by Crippen LogP contribution is 2.22. The van der Waals surface area contributed by atoms with Crippen LogP contribution in [-0.4, -0.2) is 24.2 Å². The van der Waals surface area contributed by atoms with Crippen LogP contribution in [0.2, 0.25) is 0 Å². The van der Waals surface area contributed by atoms with Crippen molar-refractivity contribution in [2.24, 2.45) is 5.92 Å². The number of rotatable bonds is 11. The zero-order valence-corrected chi connectivity index (χ0v) is 16.7. The number of aryl methyl sites for hydroxylation is 1. The van der Waals surface area contributed by atoms with Crippen molar-refractivity contribution in [3.8, 4) is 17.0 Å². The molecule has 1 heterocycles. The van der Waals surface area contributed by atoms with Gasteiger partial charge in [-0.2, -0.15) is 0 Å². The maximum atomic E-state index is 12.1. The molecule has 2 aromatic rings. The molecule has 1 atom stereocenters. The van der Waals surface area contributed by atoms with Crippen LogP contribution in [-0.2, 0) is 16.0 Å². The van der Waals surface area contributed by atoms with Crippen LogP contribution >= 0.6 is 0 Å². The second kappa shape index (κ2) is 11.5. The number of ether oxygens (including phenoxy) is 2. The van der Waals surface area contributed by atoms with Crippen LogP contribution < -0.4 is 4.74 Å². The molecule has 0 aliphatic heterocycles. The van der Waals surface area contributed by atoms with Gasteiger partial charge in [0.05, 0.1) is 18.2 Å². The van der Waals surface area contributed by atoms with E-state index in [1.165, 1.54) is 24.8 Å². The molecule has 0 spiro atoms. The van der Waals surface area contributed by atoms with E-state index in [9.17, 15) is 4.79 Å². The standard InChI is InChI=1S/C23H31NO3/c1-4-6-7-8-19-9-14-22(24-16-19)20-10-12-21(13-11-20)27-23(25)18(3)17-26-15-5-2/h9-14,16,18H,4-8,15,17H2,1-3H3. The molecule has 1 aromatic heterocycles. The Bertz CT molecular complexity index is 680. The highest BCUT2D eigenvalue weighted by Gasteiger charge is 2.15. The van der Waals surface area contributed by atoms with Crippen LogP contribution in [0.5, 0.6) is 5.75 Å². The molecule has 4 heteroatoms. The van der Waals surface area contributed by atoms with Gasteiger partial charge in [-0.15, -0.1) is 0 Å². The fraction of sp³-hybridized carbons (Fsp3) is 0.478. The molecule has 0 aliphatic carbocycles. The smallest absolute Gasteiger partial charge is 0.316 e. The Morgan fingerprint density at radius 1 is 1.04 bits per heavy atom. The summed E-state index contributed by atoms with van der Waals surface area (Å²) in [6, 6.07) is 11.7. The molecule has 0 amide bonds. The van der Waals surface area contributed by atoms with E-state index >= 15 is 0 Å². The lowest BCUT2D eigenvalue weighted by molar-refractivity contribution is -0.140. The van der Waals surface area contributed by atoms with Crippen molar-refractivity contribution in [2.45, 2.75) is 52.9 Å². The summed E-state index contributed by atoms with van der Waals surface area (Å²) in [6.07, 6.45) is 7.67. The SMILES string of the molecule is CCCCCc1ccc(-c2ccc(OC(=O)C(C)COCCC)cc2)nc1. The topological polar surface area (TPSA) is 48.4 Å². The van der Waals surface area contributed by atoms with Crippen molar-refractivity contribution < 1.29 is 14.3 Å². The zero-order chi connectivity index (χ0) is 19.5. The van der Waals surface area contributed by atoms with E-state index in [0.29, 0.717) is 19.0 Å². The second-order valence-corrected chi connectivity index (χ2v) is 6.93. The average molecular weight is 370 g/mol. The molecule has 0 saturated carbocycles. The third-order valence-electron chi connectivity index (χ3n) is 4.38. The summed E-state index contributed by atoms with van der Waals surface area (Å²) in [4.78, 5) is 16.7. The Labute approximate surface area is 162 Å². The quantitative estimate of drug-likeness (QED) is 0.300. The van der Waals surface area contributed by atoms with Gasteiger partial charge in [0.25, 0.3) is 0 Å². The average Bonchev–Trinajstić information content (AvgIpc) is 2.69. The normalized spacial score (nSPS) is 12.0. The molecule has 27 heavy (non-hydrogen) atoms. The molecule has 0 saturated heterocycles. The molecule has 0 N–H and O–H groups in total. The van der Waals surface area contributed by atoms with Gasteiger partial charge in [0.2, 0.25) is 0 Å². The highest BCUT2D eigenvalue weighted by atomic mass is 16.5. The molecular weight excluding hydrogens is 338 g/mol. The predicted molar refractivity (Wildman–Crippen MR) is 109 cm³/mol. The van der Waals surface area contributed by atoms with E-state index in [2.05, 4.69) is 24.0 Å². The van der Waals surface area contributed by atoms with Crippen molar-refractivity contribution in [2.75, 3.05) is 13.2 Å². The first-order valence-electron chi connectivity index (χ1n) is 9.98. The van der Waals surface area contributed by atoms with Crippen molar-refractivity contribution in [1.29, 1.82) is 0 Å². The maximum absolute atomic E-state index is 12.1. The van der Waals surface area contributed by atoms with E-state index < -0.39 is 0 Å². The third-order valence-corrected chi connectivity index (χ3v) is 4.38. The number of carbonyl (C=O) groups is 1. The lowest BCUT2D eigenvalue weighted by atomic mass is 10.1. The molecule has 4 nitrogen and oxygen atoms in total. The summed E-state index contributed by atoms with van der Waals surface area (Å²) < 4.78 is 10.8. The molecular formula is C23H31NO3. The monoisotopic (exact) mass is 369 g/mol. The number of carbonyl (C=O) groups excluding carboxylic acids is 1. The Morgan fingerprint density at radius 3 is 2.44 bits per heavy atom. The first kappa shape index (κ1) is 21.1. The van der Waals surface area contributed by atoms with E-state index in [1.54, 1.807) is 0 Å². The van der Waals surface area contributed by atoms with Gasteiger partial charge in [0, 0.05) is 18.4 Å². The van der Waals surface area contributed by atoms with Crippen molar-refractivity contribution in [3.05, 3.63) is 48.2 Å². The molecule has 1 unspecified atom stereocenters. The Hall–Kier alpha value is -2.20. The summed E-state index contributed by atoms with van der Waals surface area (Å²) in [5.74, 6) is -0.00571. The van der Waals surface area contributed by atoms with Gasteiger partial charge in [0.15, 0.2) is 0 Å². The van der Waals surface area contributed by atoms with Crippen molar-refractivity contribution >= 4 is 5.97 Å². The lowest BCUT2D eigenvalue weighted by Crippen LogP contribution is -2.22. The molecule has 1 aromatic carbocycles. The number of benzene rings is 1. The van der Waals surface area contributed by atoms with Gasteiger partial charge in [-0.05, 0) is 62.1 Å². The Kier molecular flexibility index (Phi) is 8.99. The van der Waals surface area contributed by atoms with Gasteiger partial charge in [0.1, 0.15) is 5.75 Å². The minimum absolute atomic E-state index is 0.270. The van der Waals surface area contributed by atoms with Gasteiger partial charge < -0.3 is 9.47 Å². The summed E-state index contributed by atoms with van der Waals surface area (Å²) >= 11 is 0. The van der Waals surface area contributed by atoms with E-state index in [1.807, 2.05) is 44.3 Å². The van der Waals surface area contributed by atoms with Crippen LogP contribution in [0.1, 0.15) is 52.0 Å². The zero-order valence-electron chi connectivity index (χ0n) is 16.7. The lowest BCUT2D eigenvalue weighted by Gasteiger charge is -2.11. The molecule has 0 aliphatic rings. The molecule has 0 bridgehead atoms. The maximum Gasteiger partial charge on any atom is 0.316 e. The van der Waals surface area contributed by atoms with Gasteiger partial charge in [-0.1, -0.05) is 32.8 Å². The second-order valence-electron chi connectivity index (χ2n) is 6.93. The Balaban J connectivity index is 1.89. The summed E-state index contributed by atoms with van der Waals surface area (Å²) in [5, 5.41) is 0. The summed E-state index contributed by atoms with van der Waals surface area (Å²) in [5.41, 5.74) is 3.21. The van der Waals surface area contributed by atoms with Crippen molar-refractivity contribution in [3.63, 3.8) is 0 Å².